The quantitative estimate of drug-likeness (QED) is 0.879. The molecule has 5 nitrogen and oxygen atoms in total. The van der Waals surface area contributed by atoms with Gasteiger partial charge in [0.1, 0.15) is 5.75 Å². The topological polar surface area (TPSA) is 82.4 Å². The summed E-state index contributed by atoms with van der Waals surface area (Å²) in [5, 5.41) is 20.5. The van der Waals surface area contributed by atoms with Crippen LogP contribution in [0.5, 0.6) is 5.75 Å². The fraction of sp³-hybridized carbons (Fsp3) is 0.125. The molecule has 21 heavy (non-hydrogen) atoms. The largest absolute Gasteiger partial charge is 0.484 e. The van der Waals surface area contributed by atoms with Gasteiger partial charge in [0.2, 0.25) is 0 Å². The summed E-state index contributed by atoms with van der Waals surface area (Å²) in [7, 11) is 0. The fourth-order valence-electron chi connectivity index (χ4n) is 1.75. The number of hydrogen-bond acceptors (Lipinski definition) is 4. The zero-order valence-corrected chi connectivity index (χ0v) is 11.2. The summed E-state index contributed by atoms with van der Waals surface area (Å²) in [6, 6.07) is 15.5. The van der Waals surface area contributed by atoms with Crippen molar-refractivity contribution in [2.45, 2.75) is 6.61 Å². The summed E-state index contributed by atoms with van der Waals surface area (Å²) >= 11 is 0. The second-order valence-electron chi connectivity index (χ2n) is 4.33. The predicted octanol–water partition coefficient (Wildman–Crippen LogP) is 2.07. The standard InChI is InChI=1S/C16H14N2O3/c17-9-12-3-1-5-14(7-12)18-16(20)11-21-15-6-2-4-13(8-15)10-19/h1-8,19H,10-11H2,(H,18,20). The van der Waals surface area contributed by atoms with Crippen LogP contribution in [0, 0.1) is 11.3 Å². The van der Waals surface area contributed by atoms with Gasteiger partial charge in [-0.05, 0) is 35.9 Å². The molecule has 2 aromatic carbocycles. The lowest BCUT2D eigenvalue weighted by molar-refractivity contribution is -0.118. The molecule has 0 atom stereocenters. The number of carbonyl (C=O) groups excluding carboxylic acids is 1. The molecule has 0 spiro atoms. The average Bonchev–Trinajstić information content (AvgIpc) is 2.53. The van der Waals surface area contributed by atoms with Crippen LogP contribution in [0.4, 0.5) is 5.69 Å². The number of benzene rings is 2. The Balaban J connectivity index is 1.91. The Morgan fingerprint density at radius 2 is 2.05 bits per heavy atom. The number of nitriles is 1. The third-order valence-electron chi connectivity index (χ3n) is 2.73. The van der Waals surface area contributed by atoms with Crippen molar-refractivity contribution in [1.82, 2.24) is 0 Å². The summed E-state index contributed by atoms with van der Waals surface area (Å²) in [4.78, 5) is 11.8. The normalized spacial score (nSPS) is 9.71. The Hall–Kier alpha value is -2.84. The third kappa shape index (κ3) is 4.34. The fourth-order valence-corrected chi connectivity index (χ4v) is 1.75. The van der Waals surface area contributed by atoms with Crippen LogP contribution in [-0.4, -0.2) is 17.6 Å². The van der Waals surface area contributed by atoms with Gasteiger partial charge in [0.05, 0.1) is 18.2 Å². The zero-order chi connectivity index (χ0) is 15.1. The molecule has 0 saturated heterocycles. The van der Waals surface area contributed by atoms with Gasteiger partial charge in [-0.1, -0.05) is 18.2 Å². The maximum atomic E-state index is 11.8. The van der Waals surface area contributed by atoms with Crippen LogP contribution < -0.4 is 10.1 Å². The van der Waals surface area contributed by atoms with Crippen LogP contribution >= 0.6 is 0 Å². The molecule has 0 bridgehead atoms. The molecule has 1 amide bonds. The molecule has 0 aliphatic rings. The monoisotopic (exact) mass is 282 g/mol. The second-order valence-corrected chi connectivity index (χ2v) is 4.33. The average molecular weight is 282 g/mol. The molecule has 0 aliphatic carbocycles. The molecular weight excluding hydrogens is 268 g/mol. The van der Waals surface area contributed by atoms with Gasteiger partial charge in [0, 0.05) is 5.69 Å². The van der Waals surface area contributed by atoms with Crippen LogP contribution in [0.15, 0.2) is 48.5 Å². The van der Waals surface area contributed by atoms with Gasteiger partial charge in [-0.25, -0.2) is 0 Å². The van der Waals surface area contributed by atoms with Crippen molar-refractivity contribution < 1.29 is 14.6 Å². The number of aliphatic hydroxyl groups excluding tert-OH is 1. The van der Waals surface area contributed by atoms with E-state index in [9.17, 15) is 4.79 Å². The molecule has 0 aromatic heterocycles. The number of carbonyl (C=O) groups is 1. The van der Waals surface area contributed by atoms with Gasteiger partial charge in [-0.3, -0.25) is 4.79 Å². The molecule has 0 saturated carbocycles. The van der Waals surface area contributed by atoms with Gasteiger partial charge in [-0.15, -0.1) is 0 Å². The summed E-state index contributed by atoms with van der Waals surface area (Å²) < 4.78 is 5.35. The second kappa shape index (κ2) is 7.08. The lowest BCUT2D eigenvalue weighted by Gasteiger charge is -2.08. The summed E-state index contributed by atoms with van der Waals surface area (Å²) in [6.45, 7) is -0.226. The molecule has 0 radical (unpaired) electrons. The number of ether oxygens (including phenoxy) is 1. The van der Waals surface area contributed by atoms with Crippen molar-refractivity contribution >= 4 is 11.6 Å². The molecule has 2 aromatic rings. The van der Waals surface area contributed by atoms with Crippen molar-refractivity contribution in [3.05, 3.63) is 59.7 Å². The maximum absolute atomic E-state index is 11.8. The highest BCUT2D eigenvalue weighted by Crippen LogP contribution is 2.14. The molecule has 0 fully saturated rings. The zero-order valence-electron chi connectivity index (χ0n) is 11.2. The van der Waals surface area contributed by atoms with E-state index in [1.807, 2.05) is 6.07 Å². The van der Waals surface area contributed by atoms with E-state index < -0.39 is 0 Å². The van der Waals surface area contributed by atoms with Crippen molar-refractivity contribution in [2.75, 3.05) is 11.9 Å². The first kappa shape index (κ1) is 14.6. The first-order valence-corrected chi connectivity index (χ1v) is 6.34. The maximum Gasteiger partial charge on any atom is 0.262 e. The molecule has 0 heterocycles. The molecule has 5 heteroatoms. The van der Waals surface area contributed by atoms with E-state index in [2.05, 4.69) is 5.32 Å². The predicted molar refractivity (Wildman–Crippen MR) is 77.6 cm³/mol. The molecule has 0 unspecified atom stereocenters. The van der Waals surface area contributed by atoms with E-state index >= 15 is 0 Å². The number of amides is 1. The van der Waals surface area contributed by atoms with Gasteiger partial charge in [0.25, 0.3) is 5.91 Å². The Labute approximate surface area is 122 Å². The van der Waals surface area contributed by atoms with Crippen LogP contribution in [0.1, 0.15) is 11.1 Å². The van der Waals surface area contributed by atoms with E-state index in [4.69, 9.17) is 15.1 Å². The number of hydrogen-bond donors (Lipinski definition) is 2. The minimum atomic E-state index is -0.320. The summed E-state index contributed by atoms with van der Waals surface area (Å²) in [5.74, 6) is 0.196. The first-order valence-electron chi connectivity index (χ1n) is 6.34. The van der Waals surface area contributed by atoms with Crippen molar-refractivity contribution in [3.63, 3.8) is 0 Å². The molecule has 2 rings (SSSR count). The Bertz CT molecular complexity index is 677. The Morgan fingerprint density at radius 1 is 1.24 bits per heavy atom. The number of rotatable bonds is 5. The van der Waals surface area contributed by atoms with Gasteiger partial charge >= 0.3 is 0 Å². The lowest BCUT2D eigenvalue weighted by atomic mass is 10.2. The van der Waals surface area contributed by atoms with Crippen molar-refractivity contribution in [2.24, 2.45) is 0 Å². The number of aliphatic hydroxyl groups is 1. The minimum absolute atomic E-state index is 0.0790. The lowest BCUT2D eigenvalue weighted by Crippen LogP contribution is -2.20. The highest BCUT2D eigenvalue weighted by molar-refractivity contribution is 5.92. The highest BCUT2D eigenvalue weighted by Gasteiger charge is 2.05. The molecule has 2 N–H and O–H groups in total. The molecule has 0 aliphatic heterocycles. The number of anilines is 1. The Morgan fingerprint density at radius 3 is 2.81 bits per heavy atom. The molecular formula is C16H14N2O3. The van der Waals surface area contributed by atoms with Gasteiger partial charge in [-0.2, -0.15) is 5.26 Å². The van der Waals surface area contributed by atoms with Crippen LogP contribution in [0.3, 0.4) is 0 Å². The summed E-state index contributed by atoms with van der Waals surface area (Å²) in [6.07, 6.45) is 0. The summed E-state index contributed by atoms with van der Waals surface area (Å²) in [5.41, 5.74) is 1.74. The smallest absolute Gasteiger partial charge is 0.262 e. The first-order chi connectivity index (χ1) is 10.2. The van der Waals surface area contributed by atoms with Gasteiger partial charge < -0.3 is 15.2 Å². The van der Waals surface area contributed by atoms with Crippen molar-refractivity contribution in [3.8, 4) is 11.8 Å². The van der Waals surface area contributed by atoms with E-state index in [1.54, 1.807) is 48.5 Å². The Kier molecular flexibility index (Phi) is 4.91. The van der Waals surface area contributed by atoms with Crippen LogP contribution in [0.25, 0.3) is 0 Å². The van der Waals surface area contributed by atoms with Crippen LogP contribution in [0.2, 0.25) is 0 Å². The van der Waals surface area contributed by atoms with E-state index in [1.165, 1.54) is 0 Å². The molecule has 106 valence electrons. The SMILES string of the molecule is N#Cc1cccc(NC(=O)COc2cccc(CO)c2)c1. The third-order valence-corrected chi connectivity index (χ3v) is 2.73. The van der Waals surface area contributed by atoms with Crippen LogP contribution in [-0.2, 0) is 11.4 Å². The van der Waals surface area contributed by atoms with Crippen molar-refractivity contribution in [1.29, 1.82) is 5.26 Å². The minimum Gasteiger partial charge on any atom is -0.484 e. The van der Waals surface area contributed by atoms with Gasteiger partial charge in [0.15, 0.2) is 6.61 Å². The highest BCUT2D eigenvalue weighted by atomic mass is 16.5. The number of nitrogens with zero attached hydrogens (tertiary/aromatic N) is 1. The van der Waals surface area contributed by atoms with E-state index in [0.29, 0.717) is 17.0 Å². The van der Waals surface area contributed by atoms with E-state index in [0.717, 1.165) is 5.56 Å². The van der Waals surface area contributed by atoms with E-state index in [-0.39, 0.29) is 19.1 Å². The number of nitrogens with one attached hydrogen (secondary N) is 1.